The van der Waals surface area contributed by atoms with E-state index >= 15 is 0 Å². The summed E-state index contributed by atoms with van der Waals surface area (Å²) in [5, 5.41) is 20.2. The Kier molecular flexibility index (Phi) is 5.43. The molecule has 2 aliphatic heterocycles. The molecule has 31 heavy (non-hydrogen) atoms. The molecule has 0 spiro atoms. The summed E-state index contributed by atoms with van der Waals surface area (Å²) < 4.78 is 7.89. The number of carbonyl (C=O) groups is 2. The third-order valence-corrected chi connectivity index (χ3v) is 6.23. The summed E-state index contributed by atoms with van der Waals surface area (Å²) >= 11 is 0. The highest BCUT2D eigenvalue weighted by Gasteiger charge is 2.45. The molecule has 0 unspecified atom stereocenters. The van der Waals surface area contributed by atoms with Crippen LogP contribution < -0.4 is 11.5 Å². The molecule has 168 valence electrons. The number of fused-ring (bicyclic) bond motifs is 2. The molecular formula is C19H27N7O5. The van der Waals surface area contributed by atoms with Crippen molar-refractivity contribution < 1.29 is 24.5 Å². The number of aliphatic carboxylic acids is 1. The van der Waals surface area contributed by atoms with E-state index in [9.17, 15) is 14.7 Å². The SMILES string of the molecule is C[C@@]1(O)C[C@@H]2CN(C(=O)CCC(=O)O)CC[C@@H]2OC[C@H]1n1cnc2c(N)nc(N)nc21. The maximum absolute atomic E-state index is 12.4. The van der Waals surface area contributed by atoms with Crippen molar-refractivity contribution in [3.8, 4) is 0 Å². The predicted molar refractivity (Wildman–Crippen MR) is 110 cm³/mol. The van der Waals surface area contributed by atoms with Crippen LogP contribution in [0, 0.1) is 5.92 Å². The number of aromatic nitrogens is 4. The standard InChI is InChI=1S/C19H27N7O5/c1-19(30)6-10-7-25(13(27)2-3-14(28)29)5-4-11(10)31-8-12(19)26-9-22-15-16(20)23-18(21)24-17(15)26/h9-12,30H,2-8H2,1H3,(H,28,29)(H4,20,21,23,24)/t10-,11+,12-,19-/m1/s1. The number of anilines is 2. The maximum atomic E-state index is 12.4. The van der Waals surface area contributed by atoms with Gasteiger partial charge in [-0.2, -0.15) is 9.97 Å². The van der Waals surface area contributed by atoms with E-state index in [1.807, 2.05) is 0 Å². The molecule has 4 rings (SSSR count). The van der Waals surface area contributed by atoms with Crippen LogP contribution in [0.4, 0.5) is 11.8 Å². The summed E-state index contributed by atoms with van der Waals surface area (Å²) in [5.41, 5.74) is 11.3. The number of aliphatic hydroxyl groups is 1. The quantitative estimate of drug-likeness (QED) is 0.503. The molecule has 0 bridgehead atoms. The molecule has 0 aromatic carbocycles. The Bertz CT molecular complexity index is 1010. The zero-order valence-corrected chi connectivity index (χ0v) is 17.3. The Morgan fingerprint density at radius 3 is 2.84 bits per heavy atom. The molecule has 2 aromatic heterocycles. The molecule has 0 radical (unpaired) electrons. The normalized spacial score (nSPS) is 28.8. The maximum Gasteiger partial charge on any atom is 0.303 e. The van der Waals surface area contributed by atoms with Crippen molar-refractivity contribution in [1.82, 2.24) is 24.4 Å². The van der Waals surface area contributed by atoms with Crippen molar-refractivity contribution in [2.24, 2.45) is 5.92 Å². The first kappa shape index (κ1) is 21.2. The van der Waals surface area contributed by atoms with Gasteiger partial charge in [-0.05, 0) is 19.8 Å². The molecule has 6 N–H and O–H groups in total. The van der Waals surface area contributed by atoms with Gasteiger partial charge in [-0.3, -0.25) is 9.59 Å². The monoisotopic (exact) mass is 433 g/mol. The van der Waals surface area contributed by atoms with Crippen molar-refractivity contribution in [1.29, 1.82) is 0 Å². The van der Waals surface area contributed by atoms with Crippen molar-refractivity contribution in [2.75, 3.05) is 31.2 Å². The lowest BCUT2D eigenvalue weighted by Crippen LogP contribution is -2.48. The average molecular weight is 433 g/mol. The summed E-state index contributed by atoms with van der Waals surface area (Å²) in [6.45, 7) is 2.88. The number of nitrogen functional groups attached to an aromatic ring is 2. The number of nitrogens with two attached hydrogens (primary N) is 2. The lowest BCUT2D eigenvalue weighted by atomic mass is 9.82. The largest absolute Gasteiger partial charge is 0.481 e. The highest BCUT2D eigenvalue weighted by molar-refractivity contribution is 5.83. The number of carboxylic acids is 1. The summed E-state index contributed by atoms with van der Waals surface area (Å²) in [6.07, 6.45) is 2.23. The van der Waals surface area contributed by atoms with Gasteiger partial charge in [0.15, 0.2) is 11.5 Å². The molecule has 0 saturated carbocycles. The van der Waals surface area contributed by atoms with E-state index in [2.05, 4.69) is 15.0 Å². The Hall–Kier alpha value is -2.99. The average Bonchev–Trinajstić information content (AvgIpc) is 3.04. The number of carbonyl (C=O) groups excluding carboxylic acids is 1. The van der Waals surface area contributed by atoms with E-state index in [0.29, 0.717) is 37.1 Å². The van der Waals surface area contributed by atoms with Gasteiger partial charge in [0.25, 0.3) is 0 Å². The molecule has 2 aromatic rings. The molecule has 2 saturated heterocycles. The van der Waals surface area contributed by atoms with Crippen LogP contribution in [0.3, 0.4) is 0 Å². The number of rotatable bonds is 4. The van der Waals surface area contributed by atoms with Crippen LogP contribution in [-0.2, 0) is 14.3 Å². The zero-order chi connectivity index (χ0) is 22.3. The third-order valence-electron chi connectivity index (χ3n) is 6.23. The zero-order valence-electron chi connectivity index (χ0n) is 17.3. The third kappa shape index (κ3) is 4.12. The van der Waals surface area contributed by atoms with Crippen molar-refractivity contribution in [3.05, 3.63) is 6.33 Å². The van der Waals surface area contributed by atoms with Gasteiger partial charge in [-0.25, -0.2) is 4.98 Å². The van der Waals surface area contributed by atoms with Gasteiger partial charge in [0.1, 0.15) is 5.52 Å². The fourth-order valence-electron chi connectivity index (χ4n) is 4.65. The number of amides is 1. The molecule has 12 heteroatoms. The molecule has 4 atom stereocenters. The van der Waals surface area contributed by atoms with E-state index < -0.39 is 17.6 Å². The second-order valence-corrected chi connectivity index (χ2v) is 8.52. The number of likely N-dealkylation sites (tertiary alicyclic amines) is 1. The number of imidazole rings is 1. The van der Waals surface area contributed by atoms with Gasteiger partial charge in [0, 0.05) is 25.4 Å². The molecule has 0 aliphatic carbocycles. The summed E-state index contributed by atoms with van der Waals surface area (Å²) in [5.74, 6) is -1.08. The smallest absolute Gasteiger partial charge is 0.303 e. The number of nitrogens with zero attached hydrogens (tertiary/aromatic N) is 5. The predicted octanol–water partition coefficient (Wildman–Crippen LogP) is -0.215. The van der Waals surface area contributed by atoms with Gasteiger partial charge in [0.05, 0.1) is 37.1 Å². The minimum Gasteiger partial charge on any atom is -0.481 e. The van der Waals surface area contributed by atoms with Crippen molar-refractivity contribution in [3.63, 3.8) is 0 Å². The molecule has 2 fully saturated rings. The Balaban J connectivity index is 1.55. The lowest BCUT2D eigenvalue weighted by molar-refractivity contribution is -0.142. The minimum absolute atomic E-state index is 0.0186. The van der Waals surface area contributed by atoms with Crippen LogP contribution in [0.5, 0.6) is 0 Å². The lowest BCUT2D eigenvalue weighted by Gasteiger charge is -2.39. The van der Waals surface area contributed by atoms with Gasteiger partial charge in [0.2, 0.25) is 11.9 Å². The number of hydrogen-bond donors (Lipinski definition) is 4. The molecule has 4 heterocycles. The Labute approximate surface area is 178 Å². The second-order valence-electron chi connectivity index (χ2n) is 8.52. The summed E-state index contributed by atoms with van der Waals surface area (Å²) in [6, 6.07) is -0.493. The van der Waals surface area contributed by atoms with Crippen LogP contribution in [-0.4, -0.2) is 77.9 Å². The minimum atomic E-state index is -1.19. The molecule has 1 amide bonds. The first-order chi connectivity index (χ1) is 14.7. The van der Waals surface area contributed by atoms with Crippen LogP contribution in [0.1, 0.15) is 38.6 Å². The van der Waals surface area contributed by atoms with Gasteiger partial charge >= 0.3 is 5.97 Å². The van der Waals surface area contributed by atoms with E-state index in [0.717, 1.165) is 0 Å². The van der Waals surface area contributed by atoms with Crippen LogP contribution in [0.2, 0.25) is 0 Å². The van der Waals surface area contributed by atoms with E-state index in [-0.39, 0.29) is 49.1 Å². The summed E-state index contributed by atoms with van der Waals surface area (Å²) in [7, 11) is 0. The second kappa shape index (κ2) is 7.93. The highest BCUT2D eigenvalue weighted by atomic mass is 16.5. The van der Waals surface area contributed by atoms with Crippen LogP contribution >= 0.6 is 0 Å². The first-order valence-corrected chi connectivity index (χ1v) is 10.2. The molecule has 12 nitrogen and oxygen atoms in total. The first-order valence-electron chi connectivity index (χ1n) is 10.2. The Morgan fingerprint density at radius 2 is 2.10 bits per heavy atom. The number of hydrogen-bond acceptors (Lipinski definition) is 9. The number of carboxylic acid groups (broad SMARTS) is 1. The number of piperidine rings is 1. The topological polar surface area (TPSA) is 183 Å². The fourth-order valence-corrected chi connectivity index (χ4v) is 4.65. The van der Waals surface area contributed by atoms with E-state index in [1.165, 1.54) is 0 Å². The van der Waals surface area contributed by atoms with Gasteiger partial charge < -0.3 is 35.9 Å². The van der Waals surface area contributed by atoms with Crippen LogP contribution in [0.15, 0.2) is 6.33 Å². The van der Waals surface area contributed by atoms with Gasteiger partial charge in [-0.1, -0.05) is 0 Å². The fraction of sp³-hybridized carbons (Fsp3) is 0.632. The molecular weight excluding hydrogens is 406 g/mol. The van der Waals surface area contributed by atoms with Crippen molar-refractivity contribution >= 4 is 34.8 Å². The van der Waals surface area contributed by atoms with Crippen LogP contribution in [0.25, 0.3) is 11.2 Å². The number of ether oxygens (including phenoxy) is 1. The van der Waals surface area contributed by atoms with Crippen molar-refractivity contribution in [2.45, 2.75) is 50.4 Å². The summed E-state index contributed by atoms with van der Waals surface area (Å²) in [4.78, 5) is 37.3. The molecule has 2 aliphatic rings. The highest BCUT2D eigenvalue weighted by Crippen LogP contribution is 2.39. The van der Waals surface area contributed by atoms with E-state index in [1.54, 1.807) is 22.7 Å². The van der Waals surface area contributed by atoms with E-state index in [4.69, 9.17) is 21.3 Å². The Morgan fingerprint density at radius 1 is 1.32 bits per heavy atom. The van der Waals surface area contributed by atoms with Gasteiger partial charge in [-0.15, -0.1) is 0 Å².